The number of thiophene rings is 1. The molecular formula is C27H31N3O4S2. The van der Waals surface area contributed by atoms with Gasteiger partial charge in [0.15, 0.2) is 4.21 Å². The normalized spacial score (nSPS) is 14.2. The molecule has 3 aromatic heterocycles. The number of pyridine rings is 1. The molecule has 190 valence electrons. The van der Waals surface area contributed by atoms with Crippen LogP contribution >= 0.6 is 11.3 Å². The fraction of sp³-hybridized carbons (Fsp3) is 0.407. The number of ether oxygens (including phenoxy) is 1. The summed E-state index contributed by atoms with van der Waals surface area (Å²) in [4.78, 5) is 5.79. The third kappa shape index (κ3) is 5.19. The first-order valence-corrected chi connectivity index (χ1v) is 14.5. The molecule has 4 aromatic rings. The molecule has 1 aliphatic rings. The maximum Gasteiger partial charge on any atom is 0.304 e. The number of benzene rings is 1. The Morgan fingerprint density at radius 3 is 2.64 bits per heavy atom. The van der Waals surface area contributed by atoms with Gasteiger partial charge in [0.05, 0.1) is 31.1 Å². The second kappa shape index (κ2) is 9.61. The summed E-state index contributed by atoms with van der Waals surface area (Å²) in [6.07, 6.45) is 6.42. The molecule has 0 unspecified atom stereocenters. The van der Waals surface area contributed by atoms with Crippen molar-refractivity contribution in [2.45, 2.75) is 57.2 Å². The number of hydrogen-bond acceptors (Lipinski definition) is 6. The molecule has 9 heteroatoms. The van der Waals surface area contributed by atoms with Gasteiger partial charge in [-0.3, -0.25) is 14.2 Å². The minimum atomic E-state index is -4.34. The van der Waals surface area contributed by atoms with Crippen molar-refractivity contribution >= 4 is 32.4 Å². The van der Waals surface area contributed by atoms with Crippen LogP contribution in [0.1, 0.15) is 48.5 Å². The Morgan fingerprint density at radius 1 is 1.19 bits per heavy atom. The van der Waals surface area contributed by atoms with E-state index >= 15 is 0 Å². The standard InChI is InChI=1S/C27H31N3O4S2/c1-16(2)9-20-13-25-23(24(29-20)11-18-5-6-18)14-28-30(25)15-19-7-8-21(26(12-19)34-4)22-10-17(3)35-27(22)36(31,32)33/h7-8,10,12-14,16,18H,5-6,9,11,15H2,1-4H3,(H,31,32,33). The molecule has 0 spiro atoms. The van der Waals surface area contributed by atoms with E-state index in [2.05, 4.69) is 19.9 Å². The predicted octanol–water partition coefficient (Wildman–Crippen LogP) is 5.92. The maximum absolute atomic E-state index is 11.9. The maximum atomic E-state index is 11.9. The SMILES string of the molecule is COc1cc(Cn2ncc3c(CC4CC4)nc(CC(C)C)cc32)ccc1-c1cc(C)sc1S(=O)(=O)O. The number of aromatic nitrogens is 3. The zero-order valence-electron chi connectivity index (χ0n) is 21.0. The summed E-state index contributed by atoms with van der Waals surface area (Å²) in [5.74, 6) is 1.80. The summed E-state index contributed by atoms with van der Waals surface area (Å²) < 4.78 is 41.2. The molecule has 0 atom stereocenters. The Kier molecular flexibility index (Phi) is 6.65. The third-order valence-electron chi connectivity index (χ3n) is 6.51. The molecule has 0 aliphatic heterocycles. The lowest BCUT2D eigenvalue weighted by molar-refractivity contribution is 0.415. The fourth-order valence-corrected chi connectivity index (χ4v) is 6.70. The molecule has 1 fully saturated rings. The second-order valence-corrected chi connectivity index (χ2v) is 13.0. The van der Waals surface area contributed by atoms with Crippen molar-refractivity contribution in [1.29, 1.82) is 0 Å². The summed E-state index contributed by atoms with van der Waals surface area (Å²) >= 11 is 1.05. The Hall–Kier alpha value is -2.75. The average molecular weight is 526 g/mol. The smallest absolute Gasteiger partial charge is 0.304 e. The number of aryl methyl sites for hydroxylation is 1. The molecule has 0 saturated heterocycles. The van der Waals surface area contributed by atoms with E-state index in [4.69, 9.17) is 14.8 Å². The lowest BCUT2D eigenvalue weighted by Crippen LogP contribution is -2.06. The van der Waals surface area contributed by atoms with E-state index in [1.807, 2.05) is 36.0 Å². The first-order valence-electron chi connectivity index (χ1n) is 12.2. The van der Waals surface area contributed by atoms with Gasteiger partial charge in [0, 0.05) is 27.1 Å². The molecule has 5 rings (SSSR count). The van der Waals surface area contributed by atoms with Gasteiger partial charge in [-0.2, -0.15) is 13.5 Å². The van der Waals surface area contributed by atoms with Gasteiger partial charge in [-0.1, -0.05) is 26.0 Å². The van der Waals surface area contributed by atoms with Crippen LogP contribution in [0.25, 0.3) is 22.0 Å². The van der Waals surface area contributed by atoms with Gasteiger partial charge >= 0.3 is 10.1 Å². The minimum Gasteiger partial charge on any atom is -0.496 e. The molecule has 0 radical (unpaired) electrons. The lowest BCUT2D eigenvalue weighted by atomic mass is 10.0. The highest BCUT2D eigenvalue weighted by molar-refractivity contribution is 7.88. The van der Waals surface area contributed by atoms with Crippen LogP contribution in [0.4, 0.5) is 0 Å². The fourth-order valence-electron chi connectivity index (χ4n) is 4.69. The molecule has 7 nitrogen and oxygen atoms in total. The van der Waals surface area contributed by atoms with Crippen molar-refractivity contribution in [3.8, 4) is 16.9 Å². The van der Waals surface area contributed by atoms with Gasteiger partial charge < -0.3 is 4.74 Å². The number of hydrogen-bond donors (Lipinski definition) is 1. The van der Waals surface area contributed by atoms with Gasteiger partial charge in [0.2, 0.25) is 0 Å². The molecule has 1 saturated carbocycles. The number of rotatable bonds is 9. The molecular weight excluding hydrogens is 494 g/mol. The van der Waals surface area contributed by atoms with Crippen molar-refractivity contribution in [1.82, 2.24) is 14.8 Å². The van der Waals surface area contributed by atoms with Crippen LogP contribution in [0.3, 0.4) is 0 Å². The zero-order valence-corrected chi connectivity index (χ0v) is 22.6. The van der Waals surface area contributed by atoms with Crippen molar-refractivity contribution in [2.24, 2.45) is 11.8 Å². The van der Waals surface area contributed by atoms with Crippen molar-refractivity contribution in [3.05, 3.63) is 58.4 Å². The molecule has 0 bridgehead atoms. The Balaban J connectivity index is 1.52. The Bertz CT molecular complexity index is 1530. The molecule has 36 heavy (non-hydrogen) atoms. The number of methoxy groups -OCH3 is 1. The molecule has 1 N–H and O–H groups in total. The highest BCUT2D eigenvalue weighted by Gasteiger charge is 2.25. The zero-order chi connectivity index (χ0) is 25.6. The summed E-state index contributed by atoms with van der Waals surface area (Å²) in [7, 11) is -2.78. The van der Waals surface area contributed by atoms with Crippen molar-refractivity contribution < 1.29 is 17.7 Å². The van der Waals surface area contributed by atoms with Gasteiger partial charge in [-0.15, -0.1) is 11.3 Å². The number of fused-ring (bicyclic) bond motifs is 1. The summed E-state index contributed by atoms with van der Waals surface area (Å²) in [5, 5.41) is 5.83. The van der Waals surface area contributed by atoms with Gasteiger partial charge in [-0.25, -0.2) is 0 Å². The summed E-state index contributed by atoms with van der Waals surface area (Å²) in [6.45, 7) is 6.77. The van der Waals surface area contributed by atoms with Gasteiger partial charge in [0.25, 0.3) is 0 Å². The monoisotopic (exact) mass is 525 g/mol. The summed E-state index contributed by atoms with van der Waals surface area (Å²) in [5.41, 5.74) is 5.39. The molecule has 1 aliphatic carbocycles. The van der Waals surface area contributed by atoms with Crippen LogP contribution in [-0.2, 0) is 29.5 Å². The van der Waals surface area contributed by atoms with Crippen molar-refractivity contribution in [2.75, 3.05) is 7.11 Å². The molecule has 1 aromatic carbocycles. The van der Waals surface area contributed by atoms with E-state index in [0.717, 1.165) is 62.8 Å². The molecule has 3 heterocycles. The lowest BCUT2D eigenvalue weighted by Gasteiger charge is -2.13. The van der Waals surface area contributed by atoms with E-state index in [-0.39, 0.29) is 4.21 Å². The molecule has 0 amide bonds. The minimum absolute atomic E-state index is 0.0718. The Morgan fingerprint density at radius 2 is 1.97 bits per heavy atom. The van der Waals surface area contributed by atoms with Crippen LogP contribution in [0, 0.1) is 18.8 Å². The quantitative estimate of drug-likeness (QED) is 0.273. The van der Waals surface area contributed by atoms with E-state index in [0.29, 0.717) is 29.3 Å². The first-order chi connectivity index (χ1) is 17.1. The van der Waals surface area contributed by atoms with E-state index in [1.54, 1.807) is 13.2 Å². The largest absolute Gasteiger partial charge is 0.496 e. The van der Waals surface area contributed by atoms with Gasteiger partial charge in [-0.05, 0) is 68.2 Å². The van der Waals surface area contributed by atoms with Crippen LogP contribution in [-0.4, -0.2) is 34.8 Å². The van der Waals surface area contributed by atoms with Crippen LogP contribution in [0.15, 0.2) is 40.7 Å². The van der Waals surface area contributed by atoms with Crippen molar-refractivity contribution in [3.63, 3.8) is 0 Å². The van der Waals surface area contributed by atoms with E-state index < -0.39 is 10.1 Å². The first kappa shape index (κ1) is 24.9. The van der Waals surface area contributed by atoms with Crippen LogP contribution < -0.4 is 4.74 Å². The van der Waals surface area contributed by atoms with Gasteiger partial charge in [0.1, 0.15) is 5.75 Å². The highest BCUT2D eigenvalue weighted by Crippen LogP contribution is 2.40. The van der Waals surface area contributed by atoms with E-state index in [1.165, 1.54) is 12.8 Å². The van der Waals surface area contributed by atoms with E-state index in [9.17, 15) is 13.0 Å². The van der Waals surface area contributed by atoms with Crippen LogP contribution in [0.2, 0.25) is 0 Å². The van der Waals surface area contributed by atoms with Crippen LogP contribution in [0.5, 0.6) is 5.75 Å². The number of nitrogens with zero attached hydrogens (tertiary/aromatic N) is 3. The topological polar surface area (TPSA) is 94.3 Å². The third-order valence-corrected chi connectivity index (χ3v) is 8.93. The average Bonchev–Trinajstić information content (AvgIpc) is 3.39. The Labute approximate surface area is 215 Å². The predicted molar refractivity (Wildman–Crippen MR) is 142 cm³/mol. The summed E-state index contributed by atoms with van der Waals surface area (Å²) in [6, 6.07) is 9.63. The highest BCUT2D eigenvalue weighted by atomic mass is 32.3. The second-order valence-electron chi connectivity index (χ2n) is 10.1.